The molecule has 0 atom stereocenters. The zero-order chi connectivity index (χ0) is 6.97. The summed E-state index contributed by atoms with van der Waals surface area (Å²) in [4.78, 5) is 0. The lowest BCUT2D eigenvalue weighted by Crippen LogP contribution is -1.97. The highest BCUT2D eigenvalue weighted by molar-refractivity contribution is 6.28. The van der Waals surface area contributed by atoms with Crippen molar-refractivity contribution in [2.24, 2.45) is 0 Å². The third-order valence-corrected chi connectivity index (χ3v) is 1.23. The molecule has 0 saturated heterocycles. The van der Waals surface area contributed by atoms with Crippen molar-refractivity contribution in [2.45, 2.75) is 0 Å². The van der Waals surface area contributed by atoms with E-state index in [0.29, 0.717) is 11.7 Å². The number of fused-ring (bicyclic) bond motifs is 1. The summed E-state index contributed by atoms with van der Waals surface area (Å²) in [6, 6.07) is 1.63. The van der Waals surface area contributed by atoms with E-state index in [2.05, 4.69) is 0 Å². The normalized spacial score (nSPS) is 14.7. The van der Waals surface area contributed by atoms with E-state index < -0.39 is 0 Å². The molecule has 0 aromatic carbocycles. The van der Waals surface area contributed by atoms with E-state index in [1.54, 1.807) is 6.07 Å². The number of ether oxygens (including phenoxy) is 2. The summed E-state index contributed by atoms with van der Waals surface area (Å²) in [5.41, 5.74) is 0. The lowest BCUT2D eigenvalue weighted by atomic mass is 10.6. The molecule has 3 nitrogen and oxygen atoms in total. The molecule has 0 unspecified atom stereocenters. The number of hydrogen-bond acceptors (Lipinski definition) is 3. The second kappa shape index (κ2) is 1.95. The maximum Gasteiger partial charge on any atom is 0.334 e. The molecule has 0 spiro atoms. The Morgan fingerprint density at radius 1 is 1.40 bits per heavy atom. The van der Waals surface area contributed by atoms with Gasteiger partial charge in [0.1, 0.15) is 6.26 Å². The third-order valence-electron chi connectivity index (χ3n) is 1.06. The van der Waals surface area contributed by atoms with Crippen molar-refractivity contribution in [3.05, 3.63) is 23.8 Å². The first-order valence-electron chi connectivity index (χ1n) is 2.64. The van der Waals surface area contributed by atoms with E-state index in [1.165, 1.54) is 12.5 Å². The van der Waals surface area contributed by atoms with E-state index in [1.807, 2.05) is 0 Å². The smallest absolute Gasteiger partial charge is 0.334 e. The van der Waals surface area contributed by atoms with Gasteiger partial charge in [-0.3, -0.25) is 0 Å². The maximum atomic E-state index is 5.47. The van der Waals surface area contributed by atoms with Crippen LogP contribution in [0.1, 0.15) is 0 Å². The monoisotopic (exact) mass is 158 g/mol. The van der Waals surface area contributed by atoms with Gasteiger partial charge >= 0.3 is 5.95 Å². The van der Waals surface area contributed by atoms with Gasteiger partial charge in [-0.25, -0.2) is 0 Å². The summed E-state index contributed by atoms with van der Waals surface area (Å²) in [7, 11) is 0. The average molecular weight is 159 g/mol. The molecule has 1 aromatic heterocycles. The molecule has 0 N–H and O–H groups in total. The predicted molar refractivity (Wildman–Crippen MR) is 33.9 cm³/mol. The van der Waals surface area contributed by atoms with Crippen molar-refractivity contribution in [1.29, 1.82) is 0 Å². The van der Waals surface area contributed by atoms with Crippen molar-refractivity contribution >= 4 is 11.6 Å². The lowest BCUT2D eigenvalue weighted by Gasteiger charge is -2.07. The molecule has 0 fully saturated rings. The zero-order valence-corrected chi connectivity index (χ0v) is 5.59. The number of halogens is 1. The summed E-state index contributed by atoms with van der Waals surface area (Å²) >= 11 is 5.47. The van der Waals surface area contributed by atoms with Crippen molar-refractivity contribution in [2.75, 3.05) is 0 Å². The first-order valence-corrected chi connectivity index (χ1v) is 3.02. The van der Waals surface area contributed by atoms with Gasteiger partial charge in [0.25, 0.3) is 0 Å². The molecule has 0 radical (unpaired) electrons. The Balaban J connectivity index is 2.39. The van der Waals surface area contributed by atoms with Crippen LogP contribution in [0.15, 0.2) is 28.2 Å². The lowest BCUT2D eigenvalue weighted by molar-refractivity contribution is 0.282. The molecule has 2 rings (SSSR count). The Labute approximate surface area is 61.8 Å². The fraction of sp³-hybridized carbons (Fsp3) is 0. The van der Waals surface area contributed by atoms with E-state index in [0.717, 1.165) is 0 Å². The zero-order valence-electron chi connectivity index (χ0n) is 4.83. The molecule has 0 bridgehead atoms. The minimum absolute atomic E-state index is 0.203. The van der Waals surface area contributed by atoms with Crippen molar-refractivity contribution in [3.63, 3.8) is 0 Å². The molecule has 2 heterocycles. The Morgan fingerprint density at radius 3 is 3.20 bits per heavy atom. The van der Waals surface area contributed by atoms with Gasteiger partial charge in [0.15, 0.2) is 0 Å². The Kier molecular flexibility index (Phi) is 1.11. The minimum atomic E-state index is 0.203. The van der Waals surface area contributed by atoms with Crippen LogP contribution in [0.5, 0.6) is 11.7 Å². The van der Waals surface area contributed by atoms with Crippen molar-refractivity contribution in [1.82, 2.24) is 0 Å². The van der Waals surface area contributed by atoms with Gasteiger partial charge in [0, 0.05) is 6.07 Å². The highest BCUT2D eigenvalue weighted by Gasteiger charge is 2.14. The van der Waals surface area contributed by atoms with Crippen LogP contribution >= 0.6 is 11.6 Å². The molecule has 1 aliphatic heterocycles. The fourth-order valence-electron chi connectivity index (χ4n) is 0.674. The predicted octanol–water partition coefficient (Wildman–Crippen LogP) is 2.09. The topological polar surface area (TPSA) is 31.6 Å². The molecule has 1 aromatic rings. The van der Waals surface area contributed by atoms with Crippen LogP contribution < -0.4 is 9.47 Å². The summed E-state index contributed by atoms with van der Waals surface area (Å²) in [6.45, 7) is 0. The molecule has 1 aliphatic rings. The first kappa shape index (κ1) is 5.68. The summed E-state index contributed by atoms with van der Waals surface area (Å²) < 4.78 is 14.7. The number of rotatable bonds is 0. The van der Waals surface area contributed by atoms with Gasteiger partial charge in [-0.15, -0.1) is 0 Å². The first-order chi connectivity index (χ1) is 4.86. The van der Waals surface area contributed by atoms with Gasteiger partial charge in [0.05, 0.1) is 6.26 Å². The van der Waals surface area contributed by atoms with Gasteiger partial charge < -0.3 is 13.9 Å². The van der Waals surface area contributed by atoms with Gasteiger partial charge in [0.2, 0.25) is 11.0 Å². The summed E-state index contributed by atoms with van der Waals surface area (Å²) in [5, 5.41) is 0.203. The molecular weight excluding hydrogens is 156 g/mol. The SMILES string of the molecule is ClC1=COc2occc2O1. The van der Waals surface area contributed by atoms with Crippen LogP contribution in [-0.4, -0.2) is 0 Å². The third kappa shape index (κ3) is 0.752. The molecule has 0 saturated carbocycles. The Hall–Kier alpha value is -1.09. The summed E-state index contributed by atoms with van der Waals surface area (Å²) in [5.74, 6) is 0.844. The Bertz CT molecular complexity index is 276. The number of furan rings is 1. The molecule has 0 amide bonds. The van der Waals surface area contributed by atoms with Crippen LogP contribution in [0, 0.1) is 0 Å². The average Bonchev–Trinajstić information content (AvgIpc) is 2.33. The van der Waals surface area contributed by atoms with Crippen LogP contribution in [-0.2, 0) is 0 Å². The van der Waals surface area contributed by atoms with Crippen molar-refractivity contribution < 1.29 is 13.9 Å². The number of hydrogen-bond donors (Lipinski definition) is 0. The second-order valence-corrected chi connectivity index (χ2v) is 2.09. The second-order valence-electron chi connectivity index (χ2n) is 1.71. The summed E-state index contributed by atoms with van der Waals surface area (Å²) in [6.07, 6.45) is 2.74. The largest absolute Gasteiger partial charge is 0.434 e. The molecular formula is C6H3ClO3. The minimum Gasteiger partial charge on any atom is -0.434 e. The standard InChI is InChI=1S/C6H3ClO3/c7-5-3-9-6-4(10-5)1-2-8-6/h1-3H. The van der Waals surface area contributed by atoms with E-state index in [4.69, 9.17) is 25.5 Å². The van der Waals surface area contributed by atoms with Gasteiger partial charge in [-0.2, -0.15) is 0 Å². The van der Waals surface area contributed by atoms with E-state index >= 15 is 0 Å². The van der Waals surface area contributed by atoms with Crippen LogP contribution in [0.25, 0.3) is 0 Å². The van der Waals surface area contributed by atoms with Crippen LogP contribution in [0.3, 0.4) is 0 Å². The molecule has 10 heavy (non-hydrogen) atoms. The maximum absolute atomic E-state index is 5.47. The fourth-order valence-corrected chi connectivity index (χ4v) is 0.802. The highest BCUT2D eigenvalue weighted by Crippen LogP contribution is 2.33. The van der Waals surface area contributed by atoms with Crippen LogP contribution in [0.4, 0.5) is 0 Å². The van der Waals surface area contributed by atoms with Gasteiger partial charge in [-0.05, 0) is 11.6 Å². The van der Waals surface area contributed by atoms with E-state index in [9.17, 15) is 0 Å². The van der Waals surface area contributed by atoms with Crippen LogP contribution in [0.2, 0.25) is 0 Å². The highest BCUT2D eigenvalue weighted by atomic mass is 35.5. The quantitative estimate of drug-likeness (QED) is 0.580. The Morgan fingerprint density at radius 2 is 2.30 bits per heavy atom. The van der Waals surface area contributed by atoms with Crippen molar-refractivity contribution in [3.8, 4) is 11.7 Å². The van der Waals surface area contributed by atoms with Gasteiger partial charge in [-0.1, -0.05) is 0 Å². The van der Waals surface area contributed by atoms with E-state index in [-0.39, 0.29) is 5.22 Å². The molecule has 4 heteroatoms. The molecule has 52 valence electrons. The molecule has 0 aliphatic carbocycles.